The van der Waals surface area contributed by atoms with Gasteiger partial charge in [0.2, 0.25) is 0 Å². The maximum Gasteiger partial charge on any atom is 0.356 e. The topological polar surface area (TPSA) is 93.6 Å². The van der Waals surface area contributed by atoms with E-state index in [2.05, 4.69) is 20.9 Å². The summed E-state index contributed by atoms with van der Waals surface area (Å²) in [6.45, 7) is 0. The molecule has 1 saturated heterocycles. The van der Waals surface area contributed by atoms with Crippen molar-refractivity contribution in [3.05, 3.63) is 118 Å². The molecule has 2 aromatic carbocycles. The first kappa shape index (κ1) is 23.2. The van der Waals surface area contributed by atoms with Crippen molar-refractivity contribution >= 4 is 43.7 Å². The third kappa shape index (κ3) is 4.33. The van der Waals surface area contributed by atoms with Gasteiger partial charge in [-0.05, 0) is 29.3 Å². The van der Waals surface area contributed by atoms with E-state index in [4.69, 9.17) is 4.74 Å². The number of esters is 1. The fourth-order valence-corrected chi connectivity index (χ4v) is 7.20. The molecule has 1 amide bonds. The zero-order valence-electron chi connectivity index (χ0n) is 18.2. The number of pyridine rings is 1. The van der Waals surface area contributed by atoms with Crippen molar-refractivity contribution in [3.63, 3.8) is 0 Å². The highest BCUT2D eigenvalue weighted by Crippen LogP contribution is 2.43. The van der Waals surface area contributed by atoms with E-state index in [0.29, 0.717) is 5.69 Å². The molecule has 35 heavy (non-hydrogen) atoms. The van der Waals surface area contributed by atoms with E-state index >= 15 is 0 Å². The second-order valence-electron chi connectivity index (χ2n) is 8.05. The Morgan fingerprint density at radius 2 is 1.60 bits per heavy atom. The van der Waals surface area contributed by atoms with Crippen molar-refractivity contribution in [1.82, 2.24) is 9.88 Å². The van der Waals surface area contributed by atoms with E-state index in [-0.39, 0.29) is 15.8 Å². The minimum Gasteiger partial charge on any atom is -0.448 e. The summed E-state index contributed by atoms with van der Waals surface area (Å²) in [4.78, 5) is 31.7. The van der Waals surface area contributed by atoms with Gasteiger partial charge in [0.05, 0.1) is 17.0 Å². The third-order valence-corrected chi connectivity index (χ3v) is 8.61. The van der Waals surface area contributed by atoms with Gasteiger partial charge in [0.25, 0.3) is 5.91 Å². The van der Waals surface area contributed by atoms with Gasteiger partial charge in [-0.15, -0.1) is 0 Å². The lowest BCUT2D eigenvalue weighted by Gasteiger charge is -2.45. The van der Waals surface area contributed by atoms with Gasteiger partial charge >= 0.3 is 5.97 Å². The van der Waals surface area contributed by atoms with Crippen LogP contribution in [-0.2, 0) is 24.2 Å². The normalized spacial score (nSPS) is 19.9. The summed E-state index contributed by atoms with van der Waals surface area (Å²) in [5.74, 6) is -1.80. The molecule has 3 aromatic rings. The predicted octanol–water partition coefficient (Wildman–Crippen LogP) is 4.00. The summed E-state index contributed by atoms with van der Waals surface area (Å²) < 4.78 is 31.9. The zero-order chi connectivity index (χ0) is 24.6. The van der Waals surface area contributed by atoms with Crippen LogP contribution < -0.4 is 0 Å². The van der Waals surface area contributed by atoms with Crippen molar-refractivity contribution in [2.24, 2.45) is 0 Å². The average Bonchev–Trinajstić information content (AvgIpc) is 2.86. The molecule has 0 saturated carbocycles. The molecule has 7 nitrogen and oxygen atoms in total. The molecular formula is C26H19BrN2O5S. The van der Waals surface area contributed by atoms with E-state index in [1.807, 2.05) is 60.7 Å². The van der Waals surface area contributed by atoms with Crippen LogP contribution in [0.3, 0.4) is 0 Å². The summed E-state index contributed by atoms with van der Waals surface area (Å²) in [6, 6.07) is 23.6. The summed E-state index contributed by atoms with van der Waals surface area (Å²) in [6.07, 6.45) is 2.25. The number of carbonyl (C=O) groups is 2. The number of β-lactam (4-membered cyclic amide) rings is 1. The Kier molecular flexibility index (Phi) is 6.12. The SMILES string of the molecule is O=C(OC(c1ccccc1)c1ccccc1)C1=C(Br)CS(=O)(=O)C2/C(=C/c3ccccn3)C(=O)N12. The molecule has 0 spiro atoms. The molecule has 1 fully saturated rings. The lowest BCUT2D eigenvalue weighted by molar-refractivity contribution is -0.149. The lowest BCUT2D eigenvalue weighted by atomic mass is 10.0. The molecule has 1 atom stereocenters. The number of benzene rings is 2. The lowest BCUT2D eigenvalue weighted by Crippen LogP contribution is -2.62. The highest BCUT2D eigenvalue weighted by Gasteiger charge is 2.56. The number of nitrogens with zero attached hydrogens (tertiary/aromatic N) is 2. The Hall–Kier alpha value is -3.56. The Morgan fingerprint density at radius 3 is 2.17 bits per heavy atom. The minimum absolute atomic E-state index is 0.0664. The Bertz CT molecular complexity index is 1420. The van der Waals surface area contributed by atoms with Crippen molar-refractivity contribution < 1.29 is 22.7 Å². The summed E-state index contributed by atoms with van der Waals surface area (Å²) in [7, 11) is -3.78. The molecule has 9 heteroatoms. The van der Waals surface area contributed by atoms with Gasteiger partial charge in [-0.2, -0.15) is 0 Å². The molecule has 0 aliphatic carbocycles. The zero-order valence-corrected chi connectivity index (χ0v) is 20.6. The van der Waals surface area contributed by atoms with E-state index in [1.54, 1.807) is 24.4 Å². The Morgan fingerprint density at radius 1 is 1.00 bits per heavy atom. The molecule has 1 unspecified atom stereocenters. The molecule has 176 valence electrons. The van der Waals surface area contributed by atoms with Crippen LogP contribution in [-0.4, -0.2) is 41.3 Å². The van der Waals surface area contributed by atoms with Gasteiger partial charge in [-0.3, -0.25) is 14.7 Å². The van der Waals surface area contributed by atoms with Gasteiger partial charge in [-0.25, -0.2) is 13.2 Å². The van der Waals surface area contributed by atoms with Crippen molar-refractivity contribution in [3.8, 4) is 0 Å². The number of sulfone groups is 1. The van der Waals surface area contributed by atoms with Crippen LogP contribution in [0.4, 0.5) is 0 Å². The quantitative estimate of drug-likeness (QED) is 0.271. The number of halogens is 1. The van der Waals surface area contributed by atoms with Gasteiger partial charge in [0.15, 0.2) is 21.3 Å². The fourth-order valence-electron chi connectivity index (χ4n) is 4.16. The van der Waals surface area contributed by atoms with Gasteiger partial charge < -0.3 is 4.74 Å². The van der Waals surface area contributed by atoms with Crippen molar-refractivity contribution in [2.75, 3.05) is 5.75 Å². The van der Waals surface area contributed by atoms with E-state index in [9.17, 15) is 18.0 Å². The van der Waals surface area contributed by atoms with Crippen LogP contribution >= 0.6 is 15.9 Å². The molecule has 0 radical (unpaired) electrons. The van der Waals surface area contributed by atoms with Crippen molar-refractivity contribution in [2.45, 2.75) is 11.5 Å². The second kappa shape index (κ2) is 9.24. The molecule has 1 aromatic heterocycles. The highest BCUT2D eigenvalue weighted by molar-refractivity contribution is 9.11. The summed E-state index contributed by atoms with van der Waals surface area (Å²) in [5, 5.41) is -1.27. The van der Waals surface area contributed by atoms with Gasteiger partial charge in [0.1, 0.15) is 5.70 Å². The summed E-state index contributed by atoms with van der Waals surface area (Å²) in [5.41, 5.74) is 1.90. The summed E-state index contributed by atoms with van der Waals surface area (Å²) >= 11 is 3.22. The van der Waals surface area contributed by atoms with E-state index < -0.39 is 38.9 Å². The molecule has 2 aliphatic rings. The van der Waals surface area contributed by atoms with Crippen LogP contribution in [0.2, 0.25) is 0 Å². The van der Waals surface area contributed by atoms with Crippen LogP contribution in [0.15, 0.2) is 101 Å². The Balaban J connectivity index is 1.50. The van der Waals surface area contributed by atoms with Crippen LogP contribution in [0.1, 0.15) is 22.9 Å². The van der Waals surface area contributed by atoms with Crippen LogP contribution in [0.25, 0.3) is 6.08 Å². The molecule has 5 rings (SSSR count). The first-order valence-corrected chi connectivity index (χ1v) is 13.2. The number of amides is 1. The number of hydrogen-bond acceptors (Lipinski definition) is 6. The molecule has 3 heterocycles. The molecular weight excluding hydrogens is 532 g/mol. The number of aromatic nitrogens is 1. The minimum atomic E-state index is -3.78. The van der Waals surface area contributed by atoms with Crippen LogP contribution in [0.5, 0.6) is 0 Å². The van der Waals surface area contributed by atoms with Gasteiger partial charge in [-0.1, -0.05) is 82.7 Å². The Labute approximate surface area is 210 Å². The maximum absolute atomic E-state index is 13.4. The van der Waals surface area contributed by atoms with Crippen LogP contribution in [0, 0.1) is 0 Å². The number of rotatable bonds is 5. The second-order valence-corrected chi connectivity index (χ2v) is 11.1. The molecule has 0 bridgehead atoms. The van der Waals surface area contributed by atoms with Crippen molar-refractivity contribution in [1.29, 1.82) is 0 Å². The van der Waals surface area contributed by atoms with E-state index in [1.165, 1.54) is 6.08 Å². The average molecular weight is 551 g/mol. The monoisotopic (exact) mass is 550 g/mol. The standard InChI is InChI=1S/C26H19BrN2O5S/c27-21-16-35(32,33)25-20(15-19-13-7-8-14-28-19)24(30)29(25)22(21)26(31)34-23(17-9-3-1-4-10-17)18-11-5-2-6-12-18/h1-15,23,25H,16H2/b20-15+. The fraction of sp³-hybridized carbons (Fsp3) is 0.115. The first-order valence-electron chi connectivity index (χ1n) is 10.7. The maximum atomic E-state index is 13.4. The number of ether oxygens (including phenoxy) is 1. The number of hydrogen-bond donors (Lipinski definition) is 0. The number of fused-ring (bicyclic) bond motifs is 1. The molecule has 2 aliphatic heterocycles. The predicted molar refractivity (Wildman–Crippen MR) is 133 cm³/mol. The first-order chi connectivity index (χ1) is 16.9. The molecule has 0 N–H and O–H groups in total. The smallest absolute Gasteiger partial charge is 0.356 e. The number of carbonyl (C=O) groups excluding carboxylic acids is 2. The van der Waals surface area contributed by atoms with E-state index in [0.717, 1.165) is 16.0 Å². The third-order valence-electron chi connectivity index (χ3n) is 5.75. The largest absolute Gasteiger partial charge is 0.448 e. The highest BCUT2D eigenvalue weighted by atomic mass is 79.9. The van der Waals surface area contributed by atoms with Gasteiger partial charge in [0, 0.05) is 10.7 Å².